The number of nitrogens with zero attached hydrogens (tertiary/aromatic N) is 1. The maximum Gasteiger partial charge on any atom is 0.0640 e. The van der Waals surface area contributed by atoms with E-state index in [-0.39, 0.29) is 0 Å². The summed E-state index contributed by atoms with van der Waals surface area (Å²) in [5.74, 6) is 0. The first-order valence-corrected chi connectivity index (χ1v) is 19.6. The smallest absolute Gasteiger partial charge is 0.0640 e. The van der Waals surface area contributed by atoms with Crippen LogP contribution < -0.4 is 4.90 Å². The molecule has 0 atom stereocenters. The summed E-state index contributed by atoms with van der Waals surface area (Å²) in [6, 6.07) is 68.9. The summed E-state index contributed by atoms with van der Waals surface area (Å²) in [4.78, 5) is 2.43. The van der Waals surface area contributed by atoms with Crippen molar-refractivity contribution in [1.29, 1.82) is 0 Å². The first-order chi connectivity index (χ1) is 26.3. The number of hydrogen-bond donors (Lipinski definition) is 0. The minimum Gasteiger partial charge on any atom is -0.309 e. The molecule has 2 aromatic heterocycles. The van der Waals surface area contributed by atoms with Crippen LogP contribution in [-0.2, 0) is 0 Å². The number of anilines is 3. The van der Waals surface area contributed by atoms with Crippen molar-refractivity contribution in [3.8, 4) is 22.3 Å². The molecule has 0 radical (unpaired) electrons. The zero-order valence-corrected chi connectivity index (χ0v) is 30.3. The number of fused-ring (bicyclic) bond motifs is 9. The Labute approximate surface area is 315 Å². The van der Waals surface area contributed by atoms with E-state index >= 15 is 0 Å². The minimum absolute atomic E-state index is 1.14. The summed E-state index contributed by atoms with van der Waals surface area (Å²) in [6.07, 6.45) is 0. The van der Waals surface area contributed by atoms with E-state index in [1.807, 2.05) is 22.7 Å². The zero-order chi connectivity index (χ0) is 34.9. The summed E-state index contributed by atoms with van der Waals surface area (Å²) in [7, 11) is 0. The quantitative estimate of drug-likeness (QED) is 0.172. The van der Waals surface area contributed by atoms with Gasteiger partial charge in [-0.3, -0.25) is 0 Å². The molecule has 0 bridgehead atoms. The highest BCUT2D eigenvalue weighted by atomic mass is 32.1. The van der Waals surface area contributed by atoms with Crippen LogP contribution in [0.2, 0.25) is 0 Å². The summed E-state index contributed by atoms with van der Waals surface area (Å²) >= 11 is 3.82. The van der Waals surface area contributed by atoms with Gasteiger partial charge in [0, 0.05) is 58.0 Å². The molecule has 0 amide bonds. The summed E-state index contributed by atoms with van der Waals surface area (Å²) in [6.45, 7) is 0. The normalized spacial score (nSPS) is 11.8. The van der Waals surface area contributed by atoms with Crippen molar-refractivity contribution in [3.63, 3.8) is 0 Å². The molecule has 0 unspecified atom stereocenters. The lowest BCUT2D eigenvalue weighted by Crippen LogP contribution is -2.09. The lowest BCUT2D eigenvalue weighted by molar-refractivity contribution is 1.31. The molecule has 0 saturated heterocycles. The second-order valence-electron chi connectivity index (χ2n) is 13.6. The fourth-order valence-corrected chi connectivity index (χ4v) is 10.8. The van der Waals surface area contributed by atoms with Crippen LogP contribution in [-0.4, -0.2) is 0 Å². The minimum atomic E-state index is 1.14. The third kappa shape index (κ3) is 4.82. The number of rotatable bonds is 5. The van der Waals surface area contributed by atoms with Crippen molar-refractivity contribution in [1.82, 2.24) is 0 Å². The van der Waals surface area contributed by atoms with Crippen molar-refractivity contribution in [2.75, 3.05) is 4.90 Å². The van der Waals surface area contributed by atoms with Gasteiger partial charge in [-0.2, -0.15) is 0 Å². The van der Waals surface area contributed by atoms with Crippen LogP contribution in [0.25, 0.3) is 84.1 Å². The zero-order valence-electron chi connectivity index (χ0n) is 28.7. The van der Waals surface area contributed by atoms with Crippen molar-refractivity contribution in [2.45, 2.75) is 0 Å². The Kier molecular flexibility index (Phi) is 6.97. The lowest BCUT2D eigenvalue weighted by Gasteiger charge is -2.26. The maximum atomic E-state index is 2.48. The summed E-state index contributed by atoms with van der Waals surface area (Å²) in [5.41, 5.74) is 8.58. The first-order valence-electron chi connectivity index (χ1n) is 18.0. The molecule has 0 saturated carbocycles. The number of para-hydroxylation sites is 1. The predicted molar refractivity (Wildman–Crippen MR) is 233 cm³/mol. The average Bonchev–Trinajstić information content (AvgIpc) is 3.81. The lowest BCUT2D eigenvalue weighted by atomic mass is 9.91. The summed E-state index contributed by atoms with van der Waals surface area (Å²) < 4.78 is 5.27. The Morgan fingerprint density at radius 2 is 1.00 bits per heavy atom. The number of benzene rings is 9. The van der Waals surface area contributed by atoms with E-state index in [9.17, 15) is 0 Å². The van der Waals surface area contributed by atoms with E-state index in [1.165, 1.54) is 89.8 Å². The number of hydrogen-bond acceptors (Lipinski definition) is 3. The molecular formula is C50H31NS2. The topological polar surface area (TPSA) is 3.24 Å². The SMILES string of the molecule is c1ccc(-c2ccc(-c3cc4c5cccc(N(c6ccccc6)c6ccc7ccccc7c6)c5sc4c4ccccc34)c3sc4ccccc4c23)cc1. The average molecular weight is 710 g/mol. The molecule has 9 aromatic carbocycles. The highest BCUT2D eigenvalue weighted by Crippen LogP contribution is 2.51. The van der Waals surface area contributed by atoms with Gasteiger partial charge >= 0.3 is 0 Å². The molecule has 3 heteroatoms. The molecule has 2 heterocycles. The third-order valence-corrected chi connectivity index (χ3v) is 13.1. The molecule has 11 rings (SSSR count). The van der Waals surface area contributed by atoms with Gasteiger partial charge in [-0.15, -0.1) is 22.7 Å². The predicted octanol–water partition coefficient (Wildman–Crippen LogP) is 15.5. The van der Waals surface area contributed by atoms with Crippen molar-refractivity contribution in [3.05, 3.63) is 188 Å². The van der Waals surface area contributed by atoms with Crippen LogP contribution >= 0.6 is 22.7 Å². The van der Waals surface area contributed by atoms with Crippen molar-refractivity contribution >= 4 is 102 Å². The first kappa shape index (κ1) is 30.4. The van der Waals surface area contributed by atoms with Crippen LogP contribution in [0.15, 0.2) is 188 Å². The van der Waals surface area contributed by atoms with E-state index in [0.29, 0.717) is 0 Å². The molecule has 1 nitrogen and oxygen atoms in total. The fraction of sp³-hybridized carbons (Fsp3) is 0. The second-order valence-corrected chi connectivity index (χ2v) is 15.7. The van der Waals surface area contributed by atoms with Crippen LogP contribution in [0.3, 0.4) is 0 Å². The molecule has 11 aromatic rings. The molecule has 0 aliphatic heterocycles. The van der Waals surface area contributed by atoms with Gasteiger partial charge < -0.3 is 4.90 Å². The molecule has 0 N–H and O–H groups in total. The van der Waals surface area contributed by atoms with Gasteiger partial charge in [0.2, 0.25) is 0 Å². The Balaban J connectivity index is 1.19. The van der Waals surface area contributed by atoms with E-state index in [2.05, 4.69) is 193 Å². The molecule has 0 spiro atoms. The van der Waals surface area contributed by atoms with Gasteiger partial charge in [-0.05, 0) is 75.3 Å². The van der Waals surface area contributed by atoms with Crippen LogP contribution in [0.5, 0.6) is 0 Å². The van der Waals surface area contributed by atoms with Crippen molar-refractivity contribution in [2.24, 2.45) is 0 Å². The van der Waals surface area contributed by atoms with E-state index in [4.69, 9.17) is 0 Å². The van der Waals surface area contributed by atoms with Gasteiger partial charge in [0.1, 0.15) is 0 Å². The number of thiophene rings is 2. The Morgan fingerprint density at radius 3 is 1.85 bits per heavy atom. The highest BCUT2D eigenvalue weighted by Gasteiger charge is 2.22. The highest BCUT2D eigenvalue weighted by molar-refractivity contribution is 7.27. The van der Waals surface area contributed by atoms with Gasteiger partial charge in [0.25, 0.3) is 0 Å². The van der Waals surface area contributed by atoms with Crippen LogP contribution in [0.1, 0.15) is 0 Å². The molecule has 0 aliphatic carbocycles. The van der Waals surface area contributed by atoms with Gasteiger partial charge in [0.15, 0.2) is 0 Å². The van der Waals surface area contributed by atoms with Gasteiger partial charge in [0.05, 0.1) is 10.4 Å². The third-order valence-electron chi connectivity index (χ3n) is 10.6. The monoisotopic (exact) mass is 709 g/mol. The molecule has 248 valence electrons. The van der Waals surface area contributed by atoms with Gasteiger partial charge in [-0.1, -0.05) is 146 Å². The largest absolute Gasteiger partial charge is 0.309 e. The molecular weight excluding hydrogens is 679 g/mol. The molecule has 0 fully saturated rings. The van der Waals surface area contributed by atoms with Crippen LogP contribution in [0.4, 0.5) is 17.1 Å². The van der Waals surface area contributed by atoms with E-state index < -0.39 is 0 Å². The van der Waals surface area contributed by atoms with E-state index in [0.717, 1.165) is 11.4 Å². The summed E-state index contributed by atoms with van der Waals surface area (Å²) in [5, 5.41) is 10.3. The standard InChI is InChI=1S/C50H31NS2/c1-3-15-33(16-4-1)37-28-29-41(50-47(37)42-22-11-12-25-46(42)52-50)43-31-44-40-23-13-24-45(49(40)53-48(44)39-21-10-9-20-38(39)43)51(35-18-5-2-6-19-35)36-27-26-32-14-7-8-17-34(32)30-36/h1-31H. The van der Waals surface area contributed by atoms with Crippen LogP contribution in [0, 0.1) is 0 Å². The maximum absolute atomic E-state index is 2.48. The van der Waals surface area contributed by atoms with E-state index in [1.54, 1.807) is 0 Å². The molecule has 0 aliphatic rings. The van der Waals surface area contributed by atoms with Gasteiger partial charge in [-0.25, -0.2) is 0 Å². The Bertz CT molecular complexity index is 3170. The Hall–Kier alpha value is -6.26. The second kappa shape index (κ2) is 12.2. The van der Waals surface area contributed by atoms with Crippen molar-refractivity contribution < 1.29 is 0 Å². The Morgan fingerprint density at radius 1 is 0.340 bits per heavy atom. The molecule has 53 heavy (non-hydrogen) atoms. The fourth-order valence-electron chi connectivity index (χ4n) is 8.22.